The van der Waals surface area contributed by atoms with Gasteiger partial charge in [-0.2, -0.15) is 5.10 Å². The molecule has 2 rings (SSSR count). The number of nitrogen functional groups attached to an aromatic ring is 1. The quantitative estimate of drug-likeness (QED) is 0.791. The molecular formula is C11H16N4OS. The molecule has 0 amide bonds. The van der Waals surface area contributed by atoms with E-state index >= 15 is 0 Å². The maximum absolute atomic E-state index is 5.55. The van der Waals surface area contributed by atoms with Gasteiger partial charge >= 0.3 is 0 Å². The maximum Gasteiger partial charge on any atom is 0.145 e. The van der Waals surface area contributed by atoms with E-state index in [1.807, 2.05) is 18.6 Å². The van der Waals surface area contributed by atoms with Crippen LogP contribution in [0.15, 0.2) is 17.8 Å². The Morgan fingerprint density at radius 1 is 1.47 bits per heavy atom. The molecule has 0 atom stereocenters. The average molecular weight is 252 g/mol. The minimum absolute atomic E-state index is 0.547. The van der Waals surface area contributed by atoms with Crippen LogP contribution in [0.1, 0.15) is 10.6 Å². The lowest BCUT2D eigenvalue weighted by Gasteiger charge is -2.03. The molecule has 0 aromatic carbocycles. The Hall–Kier alpha value is -1.40. The summed E-state index contributed by atoms with van der Waals surface area (Å²) in [5, 5.41) is 4.08. The minimum Gasteiger partial charge on any atom is -0.382 e. The van der Waals surface area contributed by atoms with Gasteiger partial charge in [-0.15, -0.1) is 11.3 Å². The number of thiazole rings is 1. The SMILES string of the molecule is Cc1ncsc1CCOCCn1ccc(N)n1. The number of rotatable bonds is 6. The Labute approximate surface area is 104 Å². The normalized spacial score (nSPS) is 10.9. The highest BCUT2D eigenvalue weighted by Crippen LogP contribution is 2.12. The standard InChI is InChI=1S/C11H16N4OS/c1-9-10(17-8-13-9)3-6-16-7-5-15-4-2-11(12)14-15/h2,4,8H,3,5-7H2,1H3,(H2,12,14). The second kappa shape index (κ2) is 5.79. The number of nitrogens with two attached hydrogens (primary N) is 1. The number of aryl methyl sites for hydroxylation is 1. The van der Waals surface area contributed by atoms with Gasteiger partial charge in [0.15, 0.2) is 0 Å². The molecule has 92 valence electrons. The third-order valence-corrected chi connectivity index (χ3v) is 3.44. The first-order valence-corrected chi connectivity index (χ1v) is 6.39. The molecule has 2 aromatic rings. The zero-order valence-corrected chi connectivity index (χ0v) is 10.6. The van der Waals surface area contributed by atoms with Crippen molar-refractivity contribution in [1.82, 2.24) is 14.8 Å². The number of anilines is 1. The fourth-order valence-corrected chi connectivity index (χ4v) is 2.26. The van der Waals surface area contributed by atoms with E-state index in [-0.39, 0.29) is 0 Å². The zero-order chi connectivity index (χ0) is 12.1. The molecular weight excluding hydrogens is 236 g/mol. The van der Waals surface area contributed by atoms with Crippen molar-refractivity contribution in [3.05, 3.63) is 28.3 Å². The molecule has 2 N–H and O–H groups in total. The summed E-state index contributed by atoms with van der Waals surface area (Å²) >= 11 is 1.68. The van der Waals surface area contributed by atoms with Gasteiger partial charge in [0, 0.05) is 17.5 Å². The number of aromatic nitrogens is 3. The van der Waals surface area contributed by atoms with Crippen LogP contribution in [0.4, 0.5) is 5.82 Å². The van der Waals surface area contributed by atoms with E-state index in [0.717, 1.165) is 25.3 Å². The van der Waals surface area contributed by atoms with Crippen molar-refractivity contribution in [3.8, 4) is 0 Å². The van der Waals surface area contributed by atoms with Gasteiger partial charge in [-0.1, -0.05) is 0 Å². The largest absolute Gasteiger partial charge is 0.382 e. The van der Waals surface area contributed by atoms with Crippen molar-refractivity contribution in [2.45, 2.75) is 19.9 Å². The number of nitrogens with zero attached hydrogens (tertiary/aromatic N) is 3. The molecule has 0 aliphatic heterocycles. The molecule has 0 radical (unpaired) electrons. The molecule has 0 bridgehead atoms. The minimum atomic E-state index is 0.547. The van der Waals surface area contributed by atoms with Crippen LogP contribution >= 0.6 is 11.3 Å². The molecule has 6 heteroatoms. The van der Waals surface area contributed by atoms with E-state index in [2.05, 4.69) is 10.1 Å². The first kappa shape index (κ1) is 12.1. The molecule has 0 unspecified atom stereocenters. The van der Waals surface area contributed by atoms with E-state index in [1.54, 1.807) is 22.1 Å². The summed E-state index contributed by atoms with van der Waals surface area (Å²) in [5.41, 5.74) is 8.49. The first-order valence-electron chi connectivity index (χ1n) is 5.51. The number of hydrogen-bond donors (Lipinski definition) is 1. The van der Waals surface area contributed by atoms with Crippen molar-refractivity contribution in [1.29, 1.82) is 0 Å². The summed E-state index contributed by atoms with van der Waals surface area (Å²) in [7, 11) is 0. The molecule has 0 aliphatic rings. The maximum atomic E-state index is 5.55. The van der Waals surface area contributed by atoms with Crippen LogP contribution < -0.4 is 5.73 Å². The van der Waals surface area contributed by atoms with Crippen LogP contribution in [0, 0.1) is 6.92 Å². The Morgan fingerprint density at radius 3 is 3.00 bits per heavy atom. The Bertz CT molecular complexity index is 465. The summed E-state index contributed by atoms with van der Waals surface area (Å²) in [5.74, 6) is 0.547. The van der Waals surface area contributed by atoms with Gasteiger partial charge in [0.25, 0.3) is 0 Å². The van der Waals surface area contributed by atoms with Crippen molar-refractivity contribution in [3.63, 3.8) is 0 Å². The lowest BCUT2D eigenvalue weighted by atomic mass is 10.3. The van der Waals surface area contributed by atoms with E-state index in [4.69, 9.17) is 10.5 Å². The Morgan fingerprint density at radius 2 is 2.35 bits per heavy atom. The Kier molecular flexibility index (Phi) is 4.11. The summed E-state index contributed by atoms with van der Waals surface area (Å²) < 4.78 is 7.34. The van der Waals surface area contributed by atoms with Crippen LogP contribution in [-0.2, 0) is 17.7 Å². The highest BCUT2D eigenvalue weighted by atomic mass is 32.1. The summed E-state index contributed by atoms with van der Waals surface area (Å²) in [4.78, 5) is 5.50. The van der Waals surface area contributed by atoms with Gasteiger partial charge in [0.2, 0.25) is 0 Å². The van der Waals surface area contributed by atoms with Gasteiger partial charge in [0.05, 0.1) is 31.0 Å². The first-order chi connectivity index (χ1) is 8.25. The summed E-state index contributed by atoms with van der Waals surface area (Å²) in [6, 6.07) is 1.78. The molecule has 0 aliphatic carbocycles. The van der Waals surface area contributed by atoms with Crippen LogP contribution in [0.5, 0.6) is 0 Å². The fraction of sp³-hybridized carbons (Fsp3) is 0.455. The van der Waals surface area contributed by atoms with Crippen molar-refractivity contribution in [2.75, 3.05) is 18.9 Å². The van der Waals surface area contributed by atoms with E-state index < -0.39 is 0 Å². The number of ether oxygens (including phenoxy) is 1. The lowest BCUT2D eigenvalue weighted by Crippen LogP contribution is -2.08. The zero-order valence-electron chi connectivity index (χ0n) is 9.80. The van der Waals surface area contributed by atoms with Gasteiger partial charge in [-0.3, -0.25) is 4.68 Å². The third-order valence-electron chi connectivity index (χ3n) is 2.44. The third kappa shape index (κ3) is 3.54. The second-order valence-electron chi connectivity index (χ2n) is 3.73. The molecule has 17 heavy (non-hydrogen) atoms. The van der Waals surface area contributed by atoms with Gasteiger partial charge < -0.3 is 10.5 Å². The fourth-order valence-electron chi connectivity index (χ4n) is 1.49. The van der Waals surface area contributed by atoms with E-state index in [1.165, 1.54) is 4.88 Å². The second-order valence-corrected chi connectivity index (χ2v) is 4.67. The number of hydrogen-bond acceptors (Lipinski definition) is 5. The van der Waals surface area contributed by atoms with Crippen molar-refractivity contribution in [2.24, 2.45) is 0 Å². The smallest absolute Gasteiger partial charge is 0.145 e. The monoisotopic (exact) mass is 252 g/mol. The van der Waals surface area contributed by atoms with Crippen LogP contribution in [-0.4, -0.2) is 28.0 Å². The van der Waals surface area contributed by atoms with Crippen LogP contribution in [0.2, 0.25) is 0 Å². The molecule has 0 saturated carbocycles. The molecule has 5 nitrogen and oxygen atoms in total. The predicted octanol–water partition coefficient (Wildman–Crippen LogP) is 1.49. The molecule has 2 aromatic heterocycles. The van der Waals surface area contributed by atoms with Crippen molar-refractivity contribution < 1.29 is 4.74 Å². The highest BCUT2D eigenvalue weighted by Gasteiger charge is 2.01. The average Bonchev–Trinajstić information content (AvgIpc) is 2.88. The van der Waals surface area contributed by atoms with Gasteiger partial charge in [-0.05, 0) is 13.0 Å². The Balaban J connectivity index is 1.62. The lowest BCUT2D eigenvalue weighted by molar-refractivity contribution is 0.127. The molecule has 0 saturated heterocycles. The summed E-state index contributed by atoms with van der Waals surface area (Å²) in [6.07, 6.45) is 2.78. The van der Waals surface area contributed by atoms with Gasteiger partial charge in [0.1, 0.15) is 5.82 Å². The molecule has 0 fully saturated rings. The summed E-state index contributed by atoms with van der Waals surface area (Å²) in [6.45, 7) is 4.13. The van der Waals surface area contributed by atoms with Crippen LogP contribution in [0.3, 0.4) is 0 Å². The van der Waals surface area contributed by atoms with Crippen LogP contribution in [0.25, 0.3) is 0 Å². The van der Waals surface area contributed by atoms with Crippen molar-refractivity contribution >= 4 is 17.2 Å². The predicted molar refractivity (Wildman–Crippen MR) is 68.0 cm³/mol. The topological polar surface area (TPSA) is 66.0 Å². The van der Waals surface area contributed by atoms with E-state index in [0.29, 0.717) is 12.4 Å². The highest BCUT2D eigenvalue weighted by molar-refractivity contribution is 7.09. The molecule has 0 spiro atoms. The molecule has 2 heterocycles. The van der Waals surface area contributed by atoms with Gasteiger partial charge in [-0.25, -0.2) is 4.98 Å². The van der Waals surface area contributed by atoms with E-state index in [9.17, 15) is 0 Å².